The van der Waals surface area contributed by atoms with Gasteiger partial charge in [-0.3, -0.25) is 9.69 Å². The van der Waals surface area contributed by atoms with Gasteiger partial charge in [0.05, 0.1) is 13.1 Å². The van der Waals surface area contributed by atoms with Crippen molar-refractivity contribution in [2.24, 2.45) is 0 Å². The lowest BCUT2D eigenvalue weighted by atomic mass is 10.1. The highest BCUT2D eigenvalue weighted by atomic mass is 16.4. The zero-order chi connectivity index (χ0) is 10.3. The molecule has 74 valence electrons. The standard InChI is InChI=1S/C10H17NO2/c1-4-6-9(3)11(7-5-2)8-10(12)13/h2,9H,4,6-8H2,1,3H3,(H,12,13). The molecule has 0 bridgehead atoms. The van der Waals surface area contributed by atoms with E-state index in [9.17, 15) is 4.79 Å². The Bertz CT molecular complexity index is 196. The van der Waals surface area contributed by atoms with Crippen molar-refractivity contribution in [1.82, 2.24) is 4.90 Å². The first-order valence-corrected chi connectivity index (χ1v) is 4.51. The maximum absolute atomic E-state index is 10.5. The lowest BCUT2D eigenvalue weighted by Gasteiger charge is -2.24. The summed E-state index contributed by atoms with van der Waals surface area (Å²) < 4.78 is 0. The minimum Gasteiger partial charge on any atom is -0.480 e. The molecule has 13 heavy (non-hydrogen) atoms. The maximum atomic E-state index is 10.5. The molecule has 0 amide bonds. The largest absolute Gasteiger partial charge is 0.480 e. The quantitative estimate of drug-likeness (QED) is 0.629. The highest BCUT2D eigenvalue weighted by molar-refractivity contribution is 5.69. The molecule has 0 fully saturated rings. The molecular formula is C10H17NO2. The topological polar surface area (TPSA) is 40.5 Å². The minimum absolute atomic E-state index is 0.0331. The number of carboxylic acids is 1. The molecule has 3 nitrogen and oxygen atoms in total. The molecule has 0 aromatic carbocycles. The Morgan fingerprint density at radius 1 is 1.69 bits per heavy atom. The van der Waals surface area contributed by atoms with Crippen molar-refractivity contribution in [1.29, 1.82) is 0 Å². The average molecular weight is 183 g/mol. The summed E-state index contributed by atoms with van der Waals surface area (Å²) in [4.78, 5) is 12.3. The van der Waals surface area contributed by atoms with Crippen molar-refractivity contribution in [3.05, 3.63) is 0 Å². The molecule has 1 N–H and O–H groups in total. The number of aliphatic carboxylic acids is 1. The summed E-state index contributed by atoms with van der Waals surface area (Å²) in [5, 5.41) is 8.62. The second-order valence-corrected chi connectivity index (χ2v) is 3.14. The molecule has 0 aliphatic heterocycles. The highest BCUT2D eigenvalue weighted by Gasteiger charge is 2.14. The van der Waals surface area contributed by atoms with Gasteiger partial charge in [0, 0.05) is 6.04 Å². The van der Waals surface area contributed by atoms with Crippen LogP contribution in [0.1, 0.15) is 26.7 Å². The first kappa shape index (κ1) is 12.0. The van der Waals surface area contributed by atoms with Crippen molar-refractivity contribution >= 4 is 5.97 Å². The van der Waals surface area contributed by atoms with Crippen molar-refractivity contribution in [2.45, 2.75) is 32.7 Å². The third kappa shape index (κ3) is 5.26. The number of hydrogen-bond acceptors (Lipinski definition) is 2. The van der Waals surface area contributed by atoms with E-state index in [-0.39, 0.29) is 12.6 Å². The number of carbonyl (C=O) groups is 1. The zero-order valence-corrected chi connectivity index (χ0v) is 8.29. The van der Waals surface area contributed by atoms with Gasteiger partial charge in [0.1, 0.15) is 0 Å². The fraction of sp³-hybridized carbons (Fsp3) is 0.700. The van der Waals surface area contributed by atoms with Crippen LogP contribution in [0.25, 0.3) is 0 Å². The van der Waals surface area contributed by atoms with Crippen LogP contribution in [0.5, 0.6) is 0 Å². The maximum Gasteiger partial charge on any atom is 0.317 e. The van der Waals surface area contributed by atoms with Crippen molar-refractivity contribution in [2.75, 3.05) is 13.1 Å². The summed E-state index contributed by atoms with van der Waals surface area (Å²) in [6.45, 7) is 4.52. The summed E-state index contributed by atoms with van der Waals surface area (Å²) in [7, 11) is 0. The van der Waals surface area contributed by atoms with Crippen LogP contribution in [0.2, 0.25) is 0 Å². The first-order valence-electron chi connectivity index (χ1n) is 4.51. The van der Waals surface area contributed by atoms with Crippen LogP contribution in [0.4, 0.5) is 0 Å². The Hall–Kier alpha value is -1.01. The average Bonchev–Trinajstić information content (AvgIpc) is 2.03. The molecule has 0 aromatic heterocycles. The fourth-order valence-electron chi connectivity index (χ4n) is 1.26. The molecule has 0 aliphatic carbocycles. The van der Waals surface area contributed by atoms with Crippen molar-refractivity contribution in [3.8, 4) is 12.3 Å². The summed E-state index contributed by atoms with van der Waals surface area (Å²) in [6, 6.07) is 0.247. The molecule has 0 aliphatic rings. The second kappa shape index (κ2) is 6.50. The number of hydrogen-bond donors (Lipinski definition) is 1. The van der Waals surface area contributed by atoms with E-state index in [4.69, 9.17) is 11.5 Å². The van der Waals surface area contributed by atoms with E-state index in [0.29, 0.717) is 6.54 Å². The van der Waals surface area contributed by atoms with E-state index in [1.54, 1.807) is 4.90 Å². The van der Waals surface area contributed by atoms with Crippen molar-refractivity contribution in [3.63, 3.8) is 0 Å². The lowest BCUT2D eigenvalue weighted by Crippen LogP contribution is -2.37. The van der Waals surface area contributed by atoms with Crippen LogP contribution in [0.3, 0.4) is 0 Å². The fourth-order valence-corrected chi connectivity index (χ4v) is 1.26. The predicted molar refractivity (Wildman–Crippen MR) is 52.4 cm³/mol. The molecule has 1 unspecified atom stereocenters. The second-order valence-electron chi connectivity index (χ2n) is 3.14. The van der Waals surface area contributed by atoms with Crippen LogP contribution < -0.4 is 0 Å². The molecule has 0 saturated carbocycles. The van der Waals surface area contributed by atoms with E-state index < -0.39 is 5.97 Å². The van der Waals surface area contributed by atoms with Crippen LogP contribution in [0.15, 0.2) is 0 Å². The van der Waals surface area contributed by atoms with Gasteiger partial charge in [-0.15, -0.1) is 6.42 Å². The molecule has 3 heteroatoms. The summed E-state index contributed by atoms with van der Waals surface area (Å²) in [5.74, 6) is 1.65. The van der Waals surface area contributed by atoms with Gasteiger partial charge in [0.15, 0.2) is 0 Å². The van der Waals surface area contributed by atoms with Crippen molar-refractivity contribution < 1.29 is 9.90 Å². The van der Waals surface area contributed by atoms with Gasteiger partial charge < -0.3 is 5.11 Å². The van der Waals surface area contributed by atoms with Crippen LogP contribution in [0, 0.1) is 12.3 Å². The number of nitrogens with zero attached hydrogens (tertiary/aromatic N) is 1. The number of terminal acetylenes is 1. The Labute approximate surface area is 79.7 Å². The summed E-state index contributed by atoms with van der Waals surface area (Å²) in [6.07, 6.45) is 7.18. The van der Waals surface area contributed by atoms with E-state index in [2.05, 4.69) is 12.8 Å². The molecule has 0 heterocycles. The number of rotatable bonds is 6. The van der Waals surface area contributed by atoms with Crippen LogP contribution in [-0.2, 0) is 4.79 Å². The van der Waals surface area contributed by atoms with Gasteiger partial charge in [-0.1, -0.05) is 19.3 Å². The highest BCUT2D eigenvalue weighted by Crippen LogP contribution is 2.05. The Balaban J connectivity index is 4.07. The van der Waals surface area contributed by atoms with Gasteiger partial charge in [-0.05, 0) is 13.3 Å². The molecular weight excluding hydrogens is 166 g/mol. The van der Waals surface area contributed by atoms with E-state index >= 15 is 0 Å². The third-order valence-corrected chi connectivity index (χ3v) is 1.96. The van der Waals surface area contributed by atoms with Gasteiger partial charge in [0.2, 0.25) is 0 Å². The smallest absolute Gasteiger partial charge is 0.317 e. The first-order chi connectivity index (χ1) is 6.11. The Morgan fingerprint density at radius 2 is 2.31 bits per heavy atom. The summed E-state index contributed by atoms with van der Waals surface area (Å²) >= 11 is 0. The van der Waals surface area contributed by atoms with Crippen LogP contribution >= 0.6 is 0 Å². The molecule has 0 rings (SSSR count). The SMILES string of the molecule is C#CCN(CC(=O)O)C(C)CCC. The lowest BCUT2D eigenvalue weighted by molar-refractivity contribution is -0.138. The molecule has 1 atom stereocenters. The van der Waals surface area contributed by atoms with Gasteiger partial charge in [-0.25, -0.2) is 0 Å². The van der Waals surface area contributed by atoms with Crippen LogP contribution in [-0.4, -0.2) is 35.1 Å². The van der Waals surface area contributed by atoms with E-state index in [1.807, 2.05) is 6.92 Å². The third-order valence-electron chi connectivity index (χ3n) is 1.96. The monoisotopic (exact) mass is 183 g/mol. The molecule has 0 saturated heterocycles. The van der Waals surface area contributed by atoms with Gasteiger partial charge in [0.25, 0.3) is 0 Å². The molecule has 0 radical (unpaired) electrons. The van der Waals surface area contributed by atoms with E-state index in [0.717, 1.165) is 12.8 Å². The van der Waals surface area contributed by atoms with Gasteiger partial charge >= 0.3 is 5.97 Å². The number of carboxylic acid groups (broad SMARTS) is 1. The summed E-state index contributed by atoms with van der Waals surface area (Å²) in [5.41, 5.74) is 0. The normalized spacial score (nSPS) is 12.5. The Kier molecular flexibility index (Phi) is 5.99. The minimum atomic E-state index is -0.821. The predicted octanol–water partition coefficient (Wildman–Crippen LogP) is 1.19. The molecule has 0 aromatic rings. The zero-order valence-electron chi connectivity index (χ0n) is 8.29. The Morgan fingerprint density at radius 3 is 2.69 bits per heavy atom. The van der Waals surface area contributed by atoms with E-state index in [1.165, 1.54) is 0 Å². The van der Waals surface area contributed by atoms with Gasteiger partial charge in [-0.2, -0.15) is 0 Å². The molecule has 0 spiro atoms.